The highest BCUT2D eigenvalue weighted by molar-refractivity contribution is 5.91. The molecular formula is C55H44N2. The molecule has 6 aromatic carbocycles. The monoisotopic (exact) mass is 732 g/mol. The van der Waals surface area contributed by atoms with Crippen molar-refractivity contribution >= 4 is 33.9 Å². The maximum Gasteiger partial charge on any atom is 0.0535 e. The molecule has 5 aliphatic rings. The van der Waals surface area contributed by atoms with E-state index in [9.17, 15) is 0 Å². The topological polar surface area (TPSA) is 6.48 Å². The molecule has 11 rings (SSSR count). The lowest BCUT2D eigenvalue weighted by atomic mass is 9.63. The molecule has 0 saturated carbocycles. The molecule has 3 atom stereocenters. The van der Waals surface area contributed by atoms with E-state index in [1.54, 1.807) is 0 Å². The normalized spacial score (nSPS) is 21.2. The van der Waals surface area contributed by atoms with Gasteiger partial charge in [0.05, 0.1) is 5.41 Å². The van der Waals surface area contributed by atoms with Crippen molar-refractivity contribution in [1.29, 1.82) is 0 Å². The van der Waals surface area contributed by atoms with Gasteiger partial charge in [0, 0.05) is 46.0 Å². The number of fused-ring (bicyclic) bond motifs is 9. The Balaban J connectivity index is 1.04. The molecule has 0 aliphatic heterocycles. The van der Waals surface area contributed by atoms with Gasteiger partial charge in [-0.25, -0.2) is 0 Å². The lowest BCUT2D eigenvalue weighted by Crippen LogP contribution is -2.35. The second kappa shape index (κ2) is 13.8. The SMILES string of the molecule is C1=CCCC(N(C2=CC3=C(CC2)c2ccccc2C32c3ccccc3C3C(c4ccc(N(c5ccccc5)c5ccccc5)cc4)=CC=CC32)c2ccccc2)=C1. The fourth-order valence-corrected chi connectivity index (χ4v) is 10.7. The molecule has 0 amide bonds. The van der Waals surface area contributed by atoms with Gasteiger partial charge in [-0.3, -0.25) is 0 Å². The zero-order chi connectivity index (χ0) is 37.8. The first-order valence-electron chi connectivity index (χ1n) is 20.5. The van der Waals surface area contributed by atoms with Crippen LogP contribution in [0.25, 0.3) is 11.1 Å². The fraction of sp³-hybridized carbons (Fsp3) is 0.127. The quantitative estimate of drug-likeness (QED) is 0.161. The van der Waals surface area contributed by atoms with Crippen LogP contribution in [0.5, 0.6) is 0 Å². The molecule has 0 fully saturated rings. The Hall–Kier alpha value is -6.64. The van der Waals surface area contributed by atoms with Crippen LogP contribution in [0, 0.1) is 5.92 Å². The molecule has 0 radical (unpaired) electrons. The third-order valence-electron chi connectivity index (χ3n) is 12.9. The van der Waals surface area contributed by atoms with E-state index in [1.807, 2.05) is 0 Å². The first-order chi connectivity index (χ1) is 28.3. The van der Waals surface area contributed by atoms with Gasteiger partial charge in [-0.2, -0.15) is 0 Å². The molecule has 0 bridgehead atoms. The molecule has 274 valence electrons. The number of hydrogen-bond acceptors (Lipinski definition) is 2. The molecule has 2 nitrogen and oxygen atoms in total. The Morgan fingerprint density at radius 1 is 0.491 bits per heavy atom. The van der Waals surface area contributed by atoms with Gasteiger partial charge in [-0.05, 0) is 131 Å². The average molecular weight is 733 g/mol. The van der Waals surface area contributed by atoms with Gasteiger partial charge >= 0.3 is 0 Å². The van der Waals surface area contributed by atoms with E-state index in [-0.39, 0.29) is 17.3 Å². The number of hydrogen-bond donors (Lipinski definition) is 0. The fourth-order valence-electron chi connectivity index (χ4n) is 10.7. The molecule has 6 aromatic rings. The Labute approximate surface area is 336 Å². The average Bonchev–Trinajstić information content (AvgIpc) is 3.76. The number of nitrogens with zero attached hydrogens (tertiary/aromatic N) is 2. The van der Waals surface area contributed by atoms with E-state index in [0.717, 1.165) is 42.7 Å². The van der Waals surface area contributed by atoms with Gasteiger partial charge < -0.3 is 9.80 Å². The zero-order valence-electron chi connectivity index (χ0n) is 32.0. The van der Waals surface area contributed by atoms with E-state index >= 15 is 0 Å². The summed E-state index contributed by atoms with van der Waals surface area (Å²) in [5, 5.41) is 0. The predicted octanol–water partition coefficient (Wildman–Crippen LogP) is 14.0. The summed E-state index contributed by atoms with van der Waals surface area (Å²) in [6, 6.07) is 60.4. The molecule has 0 N–H and O–H groups in total. The zero-order valence-corrected chi connectivity index (χ0v) is 32.0. The maximum atomic E-state index is 2.62. The van der Waals surface area contributed by atoms with Crippen molar-refractivity contribution in [2.45, 2.75) is 37.0 Å². The summed E-state index contributed by atoms with van der Waals surface area (Å²) in [6.45, 7) is 0. The van der Waals surface area contributed by atoms with Crippen LogP contribution >= 0.6 is 0 Å². The number of rotatable bonds is 7. The second-order valence-corrected chi connectivity index (χ2v) is 15.8. The molecule has 2 heteroatoms. The summed E-state index contributed by atoms with van der Waals surface area (Å²) in [6.07, 6.45) is 20.9. The van der Waals surface area contributed by atoms with Crippen molar-refractivity contribution in [2.24, 2.45) is 5.92 Å². The van der Waals surface area contributed by atoms with Crippen molar-refractivity contribution in [3.63, 3.8) is 0 Å². The number of allylic oxidation sites excluding steroid dienone is 12. The Morgan fingerprint density at radius 2 is 1.11 bits per heavy atom. The van der Waals surface area contributed by atoms with E-state index in [1.165, 1.54) is 61.6 Å². The Bertz CT molecular complexity index is 2640. The van der Waals surface area contributed by atoms with Gasteiger partial charge in [-0.1, -0.05) is 146 Å². The Morgan fingerprint density at radius 3 is 1.79 bits per heavy atom. The first kappa shape index (κ1) is 33.7. The maximum absolute atomic E-state index is 2.62. The van der Waals surface area contributed by atoms with Gasteiger partial charge in [0.1, 0.15) is 0 Å². The predicted molar refractivity (Wildman–Crippen MR) is 238 cm³/mol. The Kier molecular flexibility index (Phi) is 8.17. The first-order valence-corrected chi connectivity index (χ1v) is 20.5. The number of anilines is 4. The summed E-state index contributed by atoms with van der Waals surface area (Å²) >= 11 is 0. The molecule has 57 heavy (non-hydrogen) atoms. The highest BCUT2D eigenvalue weighted by Gasteiger charge is 2.59. The van der Waals surface area contributed by atoms with Gasteiger partial charge in [-0.15, -0.1) is 0 Å². The summed E-state index contributed by atoms with van der Waals surface area (Å²) in [5.41, 5.74) is 18.6. The summed E-state index contributed by atoms with van der Waals surface area (Å²) < 4.78 is 0. The minimum atomic E-state index is -0.296. The minimum Gasteiger partial charge on any atom is -0.318 e. The minimum absolute atomic E-state index is 0.214. The van der Waals surface area contributed by atoms with Crippen molar-refractivity contribution in [2.75, 3.05) is 9.80 Å². The largest absolute Gasteiger partial charge is 0.318 e. The van der Waals surface area contributed by atoms with E-state index in [0.29, 0.717) is 0 Å². The van der Waals surface area contributed by atoms with Crippen LogP contribution in [0.4, 0.5) is 22.7 Å². The lowest BCUT2D eigenvalue weighted by Gasteiger charge is -2.40. The highest BCUT2D eigenvalue weighted by atomic mass is 15.2. The lowest BCUT2D eigenvalue weighted by molar-refractivity contribution is 0.467. The highest BCUT2D eigenvalue weighted by Crippen LogP contribution is 2.68. The molecule has 5 aliphatic carbocycles. The van der Waals surface area contributed by atoms with Gasteiger partial charge in [0.2, 0.25) is 0 Å². The van der Waals surface area contributed by atoms with Crippen LogP contribution in [0.1, 0.15) is 59.4 Å². The van der Waals surface area contributed by atoms with Crippen LogP contribution < -0.4 is 9.80 Å². The molecule has 3 unspecified atom stereocenters. The standard InChI is InChI=1S/C55H44N2/c1-5-18-40(19-6-1)56(41-20-7-2-8-21-41)44-34-32-39(33-35-44)46-28-17-31-52-54(46)49-27-14-16-30-51(49)55(52)50-29-15-13-26-47(50)48-37-36-45(38-53(48)55)57(42-22-9-3-10-23-42)43-24-11-4-12-25-43/h1-11,13-24,26-35,38,52,54H,12,25,36-37H2. The molecule has 0 saturated heterocycles. The van der Waals surface area contributed by atoms with Crippen LogP contribution in [0.3, 0.4) is 0 Å². The van der Waals surface area contributed by atoms with Gasteiger partial charge in [0.25, 0.3) is 0 Å². The van der Waals surface area contributed by atoms with Crippen LogP contribution in [0.2, 0.25) is 0 Å². The summed E-state index contributed by atoms with van der Waals surface area (Å²) in [5.74, 6) is 0.442. The second-order valence-electron chi connectivity index (χ2n) is 15.8. The third-order valence-corrected chi connectivity index (χ3v) is 12.9. The molecular weight excluding hydrogens is 689 g/mol. The van der Waals surface area contributed by atoms with E-state index < -0.39 is 0 Å². The smallest absolute Gasteiger partial charge is 0.0535 e. The van der Waals surface area contributed by atoms with E-state index in [4.69, 9.17) is 0 Å². The molecule has 0 aromatic heterocycles. The number of para-hydroxylation sites is 3. The van der Waals surface area contributed by atoms with Crippen molar-refractivity contribution in [1.82, 2.24) is 0 Å². The molecule has 1 spiro atoms. The van der Waals surface area contributed by atoms with Crippen molar-refractivity contribution in [3.05, 3.63) is 251 Å². The van der Waals surface area contributed by atoms with Crippen LogP contribution in [-0.4, -0.2) is 0 Å². The van der Waals surface area contributed by atoms with Crippen LogP contribution in [-0.2, 0) is 5.41 Å². The summed E-state index contributed by atoms with van der Waals surface area (Å²) in [7, 11) is 0. The number of benzene rings is 6. The van der Waals surface area contributed by atoms with E-state index in [2.05, 4.69) is 216 Å². The van der Waals surface area contributed by atoms with Gasteiger partial charge in [0.15, 0.2) is 0 Å². The molecule has 0 heterocycles. The third kappa shape index (κ3) is 5.31. The van der Waals surface area contributed by atoms with Crippen LogP contribution in [0.15, 0.2) is 223 Å². The van der Waals surface area contributed by atoms with Crippen molar-refractivity contribution in [3.8, 4) is 0 Å². The summed E-state index contributed by atoms with van der Waals surface area (Å²) in [4.78, 5) is 4.91. The van der Waals surface area contributed by atoms with Crippen molar-refractivity contribution < 1.29 is 0 Å².